The van der Waals surface area contributed by atoms with E-state index < -0.39 is 11.9 Å². The number of methoxy groups -OCH3 is 2. The van der Waals surface area contributed by atoms with Gasteiger partial charge in [-0.15, -0.1) is 0 Å². The summed E-state index contributed by atoms with van der Waals surface area (Å²) in [5, 5.41) is 2.89. The topological polar surface area (TPSA) is 67.9 Å². The average Bonchev–Trinajstić information content (AvgIpc) is 3.09. The molecule has 2 aromatic rings. The van der Waals surface area contributed by atoms with Crippen molar-refractivity contribution >= 4 is 11.9 Å². The third-order valence-corrected chi connectivity index (χ3v) is 4.86. The molecular formula is C21H23FN2O4. The van der Waals surface area contributed by atoms with E-state index in [4.69, 9.17) is 9.47 Å². The highest BCUT2D eigenvalue weighted by Gasteiger charge is 2.38. The summed E-state index contributed by atoms with van der Waals surface area (Å²) in [5.74, 6) is -0.452. The van der Waals surface area contributed by atoms with Gasteiger partial charge in [-0.1, -0.05) is 24.3 Å². The van der Waals surface area contributed by atoms with Gasteiger partial charge in [0.1, 0.15) is 17.6 Å². The van der Waals surface area contributed by atoms with E-state index in [1.165, 1.54) is 25.3 Å². The van der Waals surface area contributed by atoms with Crippen LogP contribution < -0.4 is 10.1 Å². The molecule has 28 heavy (non-hydrogen) atoms. The lowest BCUT2D eigenvalue weighted by atomic mass is 10.1. The SMILES string of the molecule is COC(=O)[C@@H]1C[C@@H](NC(=O)c2cccc(F)c2)CN1Cc1ccccc1OC. The van der Waals surface area contributed by atoms with Gasteiger partial charge in [0.05, 0.1) is 14.2 Å². The average molecular weight is 386 g/mol. The predicted octanol–water partition coefficient (Wildman–Crippen LogP) is 2.38. The Bertz CT molecular complexity index is 858. The molecule has 2 atom stereocenters. The first-order valence-corrected chi connectivity index (χ1v) is 9.02. The molecule has 0 aliphatic carbocycles. The highest BCUT2D eigenvalue weighted by molar-refractivity contribution is 5.94. The van der Waals surface area contributed by atoms with E-state index in [1.54, 1.807) is 13.2 Å². The number of carbonyl (C=O) groups excluding carboxylic acids is 2. The number of benzene rings is 2. The second-order valence-electron chi connectivity index (χ2n) is 6.70. The Morgan fingerprint density at radius 3 is 2.68 bits per heavy atom. The first kappa shape index (κ1) is 19.8. The summed E-state index contributed by atoms with van der Waals surface area (Å²) in [6, 6.07) is 12.4. The molecule has 1 amide bonds. The molecule has 0 bridgehead atoms. The Hall–Kier alpha value is -2.93. The van der Waals surface area contributed by atoms with Crippen molar-refractivity contribution in [3.63, 3.8) is 0 Å². The molecule has 0 unspecified atom stereocenters. The molecule has 0 radical (unpaired) electrons. The second kappa shape index (κ2) is 8.84. The fourth-order valence-electron chi connectivity index (χ4n) is 3.51. The number of hydrogen-bond acceptors (Lipinski definition) is 5. The van der Waals surface area contributed by atoms with E-state index >= 15 is 0 Å². The van der Waals surface area contributed by atoms with Crippen LogP contribution in [0.25, 0.3) is 0 Å². The molecule has 148 valence electrons. The number of ether oxygens (including phenoxy) is 2. The highest BCUT2D eigenvalue weighted by atomic mass is 19.1. The first-order chi connectivity index (χ1) is 13.5. The Balaban J connectivity index is 1.73. The lowest BCUT2D eigenvalue weighted by molar-refractivity contribution is -0.146. The van der Waals surface area contributed by atoms with Gasteiger partial charge in [-0.2, -0.15) is 0 Å². The molecule has 1 aliphatic rings. The minimum Gasteiger partial charge on any atom is -0.496 e. The quantitative estimate of drug-likeness (QED) is 0.772. The number of carbonyl (C=O) groups is 2. The van der Waals surface area contributed by atoms with Crippen LogP contribution in [0.5, 0.6) is 5.75 Å². The molecule has 1 aliphatic heterocycles. The lowest BCUT2D eigenvalue weighted by Crippen LogP contribution is -2.37. The Morgan fingerprint density at radius 1 is 1.18 bits per heavy atom. The van der Waals surface area contributed by atoms with Crippen LogP contribution in [0.15, 0.2) is 48.5 Å². The maximum Gasteiger partial charge on any atom is 0.323 e. The van der Waals surface area contributed by atoms with E-state index in [1.807, 2.05) is 29.2 Å². The molecule has 7 heteroatoms. The van der Waals surface area contributed by atoms with Gasteiger partial charge in [0.2, 0.25) is 0 Å². The van der Waals surface area contributed by atoms with Crippen LogP contribution in [-0.4, -0.2) is 49.6 Å². The number of likely N-dealkylation sites (tertiary alicyclic amines) is 1. The van der Waals surface area contributed by atoms with Gasteiger partial charge >= 0.3 is 5.97 Å². The van der Waals surface area contributed by atoms with Gasteiger partial charge in [-0.3, -0.25) is 14.5 Å². The number of amides is 1. The van der Waals surface area contributed by atoms with Gasteiger partial charge in [-0.05, 0) is 30.7 Å². The second-order valence-corrected chi connectivity index (χ2v) is 6.70. The highest BCUT2D eigenvalue weighted by Crippen LogP contribution is 2.26. The monoisotopic (exact) mass is 386 g/mol. The maximum atomic E-state index is 13.4. The van der Waals surface area contributed by atoms with E-state index in [0.717, 1.165) is 11.3 Å². The summed E-state index contributed by atoms with van der Waals surface area (Å²) < 4.78 is 23.7. The number of halogens is 1. The minimum atomic E-state index is -0.479. The fraction of sp³-hybridized carbons (Fsp3) is 0.333. The van der Waals surface area contributed by atoms with Crippen molar-refractivity contribution < 1.29 is 23.5 Å². The van der Waals surface area contributed by atoms with Crippen molar-refractivity contribution in [3.8, 4) is 5.75 Å². The summed E-state index contributed by atoms with van der Waals surface area (Å²) >= 11 is 0. The van der Waals surface area contributed by atoms with Gasteiger partial charge in [-0.25, -0.2) is 4.39 Å². The van der Waals surface area contributed by atoms with E-state index in [0.29, 0.717) is 19.5 Å². The first-order valence-electron chi connectivity index (χ1n) is 9.02. The predicted molar refractivity (Wildman–Crippen MR) is 101 cm³/mol. The standard InChI is InChI=1S/C21H23FN2O4/c1-27-19-9-4-3-6-15(19)12-24-13-17(11-18(24)21(26)28-2)23-20(25)14-7-5-8-16(22)10-14/h3-10,17-18H,11-13H2,1-2H3,(H,23,25)/t17-,18+/m1/s1. The third kappa shape index (κ3) is 4.48. The summed E-state index contributed by atoms with van der Waals surface area (Å²) in [7, 11) is 2.95. The molecule has 2 aromatic carbocycles. The zero-order valence-electron chi connectivity index (χ0n) is 15.9. The van der Waals surface area contributed by atoms with Crippen molar-refractivity contribution in [1.82, 2.24) is 10.2 Å². The van der Waals surface area contributed by atoms with Gasteiger partial charge in [0.15, 0.2) is 0 Å². The Labute approximate surface area is 163 Å². The summed E-state index contributed by atoms with van der Waals surface area (Å²) in [6.45, 7) is 0.953. The van der Waals surface area contributed by atoms with E-state index in [2.05, 4.69) is 5.32 Å². The molecule has 0 spiro atoms. The van der Waals surface area contributed by atoms with Crippen molar-refractivity contribution in [2.75, 3.05) is 20.8 Å². The van der Waals surface area contributed by atoms with Crippen molar-refractivity contribution in [2.24, 2.45) is 0 Å². The molecule has 0 aromatic heterocycles. The molecule has 1 heterocycles. The van der Waals surface area contributed by atoms with Crippen LogP contribution in [-0.2, 0) is 16.1 Å². The smallest absolute Gasteiger partial charge is 0.323 e. The summed E-state index contributed by atoms with van der Waals surface area (Å²) in [6.07, 6.45) is 0.420. The Morgan fingerprint density at radius 2 is 1.96 bits per heavy atom. The number of nitrogens with zero attached hydrogens (tertiary/aromatic N) is 1. The zero-order chi connectivity index (χ0) is 20.1. The molecule has 0 saturated carbocycles. The Kier molecular flexibility index (Phi) is 6.26. The number of nitrogens with one attached hydrogen (secondary N) is 1. The molecule has 1 fully saturated rings. The molecule has 3 rings (SSSR count). The number of esters is 1. The molecule has 1 saturated heterocycles. The van der Waals surface area contributed by atoms with Crippen LogP contribution in [0.4, 0.5) is 4.39 Å². The number of hydrogen-bond donors (Lipinski definition) is 1. The minimum absolute atomic E-state index is 0.248. The van der Waals surface area contributed by atoms with Crippen LogP contribution in [0, 0.1) is 5.82 Å². The van der Waals surface area contributed by atoms with E-state index in [9.17, 15) is 14.0 Å². The van der Waals surface area contributed by atoms with Crippen LogP contribution in [0.3, 0.4) is 0 Å². The van der Waals surface area contributed by atoms with Crippen molar-refractivity contribution in [2.45, 2.75) is 25.0 Å². The molecule has 6 nitrogen and oxygen atoms in total. The zero-order valence-corrected chi connectivity index (χ0v) is 15.9. The lowest BCUT2D eigenvalue weighted by Gasteiger charge is -2.23. The van der Waals surface area contributed by atoms with Crippen LogP contribution >= 0.6 is 0 Å². The molecular weight excluding hydrogens is 363 g/mol. The van der Waals surface area contributed by atoms with Gasteiger partial charge < -0.3 is 14.8 Å². The largest absolute Gasteiger partial charge is 0.496 e. The van der Waals surface area contributed by atoms with Crippen LogP contribution in [0.2, 0.25) is 0 Å². The van der Waals surface area contributed by atoms with Crippen LogP contribution in [0.1, 0.15) is 22.3 Å². The summed E-state index contributed by atoms with van der Waals surface area (Å²) in [5.41, 5.74) is 1.19. The fourth-order valence-corrected chi connectivity index (χ4v) is 3.51. The van der Waals surface area contributed by atoms with Gasteiger partial charge in [0, 0.05) is 30.3 Å². The number of para-hydroxylation sites is 1. The third-order valence-electron chi connectivity index (χ3n) is 4.86. The van der Waals surface area contributed by atoms with Gasteiger partial charge in [0.25, 0.3) is 5.91 Å². The summed E-state index contributed by atoms with van der Waals surface area (Å²) in [4.78, 5) is 26.6. The van der Waals surface area contributed by atoms with Crippen molar-refractivity contribution in [1.29, 1.82) is 0 Å². The van der Waals surface area contributed by atoms with E-state index in [-0.39, 0.29) is 23.5 Å². The molecule has 1 N–H and O–H groups in total. The normalized spacial score (nSPS) is 19.2. The van der Waals surface area contributed by atoms with Crippen molar-refractivity contribution in [3.05, 3.63) is 65.5 Å². The number of rotatable bonds is 6. The maximum absolute atomic E-state index is 13.4.